The van der Waals surface area contributed by atoms with E-state index in [1.54, 1.807) is 6.92 Å². The molecule has 4 nitrogen and oxygen atoms in total. The monoisotopic (exact) mass is 270 g/mol. The number of aliphatic hydroxyl groups is 1. The first-order valence-electron chi connectivity index (χ1n) is 7.59. The number of likely N-dealkylation sites (tertiary alicyclic amines) is 1. The van der Waals surface area contributed by atoms with E-state index in [9.17, 15) is 9.90 Å². The first kappa shape index (κ1) is 16.4. The van der Waals surface area contributed by atoms with Gasteiger partial charge in [-0.3, -0.25) is 4.79 Å². The molecule has 4 heteroatoms. The summed E-state index contributed by atoms with van der Waals surface area (Å²) >= 11 is 0. The highest BCUT2D eigenvalue weighted by Crippen LogP contribution is 2.24. The number of hydrogen-bond acceptors (Lipinski definition) is 3. The molecule has 0 aromatic heterocycles. The van der Waals surface area contributed by atoms with Crippen LogP contribution in [0.5, 0.6) is 0 Å². The molecule has 3 unspecified atom stereocenters. The Kier molecular flexibility index (Phi) is 6.80. The number of piperidine rings is 1. The van der Waals surface area contributed by atoms with Crippen molar-refractivity contribution in [2.24, 2.45) is 11.8 Å². The molecule has 0 aliphatic carbocycles. The molecule has 1 saturated heterocycles. The molecule has 3 atom stereocenters. The summed E-state index contributed by atoms with van der Waals surface area (Å²) in [5.41, 5.74) is 0. The van der Waals surface area contributed by atoms with E-state index in [1.165, 1.54) is 0 Å². The van der Waals surface area contributed by atoms with E-state index < -0.39 is 0 Å². The highest BCUT2D eigenvalue weighted by Gasteiger charge is 2.29. The molecule has 1 rings (SSSR count). The lowest BCUT2D eigenvalue weighted by molar-refractivity contribution is -0.120. The molecular weight excluding hydrogens is 240 g/mol. The van der Waals surface area contributed by atoms with E-state index >= 15 is 0 Å². The van der Waals surface area contributed by atoms with Gasteiger partial charge >= 0.3 is 0 Å². The lowest BCUT2D eigenvalue weighted by atomic mass is 9.86. The van der Waals surface area contributed by atoms with E-state index in [2.05, 4.69) is 31.0 Å². The largest absolute Gasteiger partial charge is 0.393 e. The molecule has 0 aromatic carbocycles. The molecular formula is C15H30N2O2. The summed E-state index contributed by atoms with van der Waals surface area (Å²) in [6.07, 6.45) is 2.73. The minimum absolute atomic E-state index is 0.0477. The van der Waals surface area contributed by atoms with Gasteiger partial charge in [-0.25, -0.2) is 0 Å². The maximum Gasteiger partial charge on any atom is 0.217 e. The number of carbonyl (C=O) groups excluding carboxylic acids is 1. The van der Waals surface area contributed by atoms with E-state index in [0.29, 0.717) is 11.8 Å². The molecule has 0 saturated carbocycles. The summed E-state index contributed by atoms with van der Waals surface area (Å²) in [6.45, 7) is 10.9. The Hall–Kier alpha value is -0.610. The SMILES string of the molecule is CCCN1CC(CC(O)C(C)C)CC(NC(C)=O)C1. The Balaban J connectivity index is 2.56. The van der Waals surface area contributed by atoms with Crippen LogP contribution in [0, 0.1) is 11.8 Å². The number of amides is 1. The van der Waals surface area contributed by atoms with Gasteiger partial charge in [0.1, 0.15) is 0 Å². The summed E-state index contributed by atoms with van der Waals surface area (Å²) in [7, 11) is 0. The van der Waals surface area contributed by atoms with Crippen LogP contribution in [0.15, 0.2) is 0 Å². The minimum Gasteiger partial charge on any atom is -0.393 e. The molecule has 112 valence electrons. The zero-order valence-electron chi connectivity index (χ0n) is 12.9. The average Bonchev–Trinajstić information content (AvgIpc) is 2.27. The van der Waals surface area contributed by atoms with Crippen LogP contribution >= 0.6 is 0 Å². The number of rotatable bonds is 6. The standard InChI is InChI=1S/C15H30N2O2/c1-5-6-17-9-13(8-15(19)11(2)3)7-14(10-17)16-12(4)18/h11,13-15,19H,5-10H2,1-4H3,(H,16,18). The van der Waals surface area contributed by atoms with Crippen molar-refractivity contribution in [3.05, 3.63) is 0 Å². The van der Waals surface area contributed by atoms with Crippen molar-refractivity contribution in [1.29, 1.82) is 0 Å². The summed E-state index contributed by atoms with van der Waals surface area (Å²) in [4.78, 5) is 13.7. The van der Waals surface area contributed by atoms with Crippen LogP contribution in [0.1, 0.15) is 47.0 Å². The van der Waals surface area contributed by atoms with Crippen LogP contribution in [-0.4, -0.2) is 47.7 Å². The zero-order valence-corrected chi connectivity index (χ0v) is 12.9. The van der Waals surface area contributed by atoms with Gasteiger partial charge in [-0.15, -0.1) is 0 Å². The van der Waals surface area contributed by atoms with Crippen molar-refractivity contribution >= 4 is 5.91 Å². The maximum absolute atomic E-state index is 11.2. The Morgan fingerprint density at radius 3 is 2.63 bits per heavy atom. The molecule has 2 N–H and O–H groups in total. The molecule has 0 radical (unpaired) electrons. The Morgan fingerprint density at radius 2 is 2.11 bits per heavy atom. The zero-order chi connectivity index (χ0) is 14.4. The van der Waals surface area contributed by atoms with E-state index in [-0.39, 0.29) is 18.1 Å². The highest BCUT2D eigenvalue weighted by molar-refractivity contribution is 5.73. The molecule has 0 aromatic rings. The fraction of sp³-hybridized carbons (Fsp3) is 0.933. The second-order valence-electron chi connectivity index (χ2n) is 6.31. The van der Waals surface area contributed by atoms with Crippen LogP contribution in [-0.2, 0) is 4.79 Å². The third-order valence-corrected chi connectivity index (χ3v) is 3.90. The number of nitrogens with one attached hydrogen (secondary N) is 1. The van der Waals surface area contributed by atoms with Gasteiger partial charge in [-0.2, -0.15) is 0 Å². The quantitative estimate of drug-likeness (QED) is 0.771. The summed E-state index contributed by atoms with van der Waals surface area (Å²) < 4.78 is 0. The third kappa shape index (κ3) is 5.91. The lowest BCUT2D eigenvalue weighted by Gasteiger charge is -2.39. The van der Waals surface area contributed by atoms with Gasteiger partial charge in [0.05, 0.1) is 6.10 Å². The van der Waals surface area contributed by atoms with Gasteiger partial charge in [0.2, 0.25) is 5.91 Å². The molecule has 1 heterocycles. The highest BCUT2D eigenvalue weighted by atomic mass is 16.3. The molecule has 1 fully saturated rings. The van der Waals surface area contributed by atoms with Crippen molar-refractivity contribution in [3.63, 3.8) is 0 Å². The van der Waals surface area contributed by atoms with Gasteiger partial charge in [0.25, 0.3) is 0 Å². The van der Waals surface area contributed by atoms with Gasteiger partial charge in [-0.1, -0.05) is 20.8 Å². The lowest BCUT2D eigenvalue weighted by Crippen LogP contribution is -2.51. The van der Waals surface area contributed by atoms with Crippen LogP contribution in [0.4, 0.5) is 0 Å². The van der Waals surface area contributed by atoms with Crippen molar-refractivity contribution in [2.45, 2.75) is 59.1 Å². The topological polar surface area (TPSA) is 52.6 Å². The Labute approximate surface area is 117 Å². The number of nitrogens with zero attached hydrogens (tertiary/aromatic N) is 1. The Bertz CT molecular complexity index is 281. The molecule has 0 bridgehead atoms. The first-order valence-corrected chi connectivity index (χ1v) is 7.59. The van der Waals surface area contributed by atoms with Crippen LogP contribution in [0.2, 0.25) is 0 Å². The Morgan fingerprint density at radius 1 is 1.42 bits per heavy atom. The van der Waals surface area contributed by atoms with Crippen LogP contribution in [0.25, 0.3) is 0 Å². The number of carbonyl (C=O) groups is 1. The van der Waals surface area contributed by atoms with Crippen LogP contribution < -0.4 is 5.32 Å². The van der Waals surface area contributed by atoms with E-state index in [4.69, 9.17) is 0 Å². The van der Waals surface area contributed by atoms with Crippen LogP contribution in [0.3, 0.4) is 0 Å². The van der Waals surface area contributed by atoms with Gasteiger partial charge in [0.15, 0.2) is 0 Å². The van der Waals surface area contributed by atoms with E-state index in [1.807, 2.05) is 0 Å². The van der Waals surface area contributed by atoms with E-state index in [0.717, 1.165) is 38.9 Å². The number of aliphatic hydroxyl groups excluding tert-OH is 1. The molecule has 1 amide bonds. The van der Waals surface area contributed by atoms with Gasteiger partial charge in [0, 0.05) is 26.1 Å². The summed E-state index contributed by atoms with van der Waals surface area (Å²) in [6, 6.07) is 0.238. The van der Waals surface area contributed by atoms with Gasteiger partial charge in [-0.05, 0) is 37.6 Å². The first-order chi connectivity index (χ1) is 8.92. The van der Waals surface area contributed by atoms with Crippen molar-refractivity contribution in [1.82, 2.24) is 10.2 Å². The van der Waals surface area contributed by atoms with Crippen molar-refractivity contribution in [2.75, 3.05) is 19.6 Å². The molecule has 1 aliphatic heterocycles. The molecule has 0 spiro atoms. The van der Waals surface area contributed by atoms with Gasteiger partial charge < -0.3 is 15.3 Å². The fourth-order valence-electron chi connectivity index (χ4n) is 2.98. The van der Waals surface area contributed by atoms with Crippen molar-refractivity contribution < 1.29 is 9.90 Å². The minimum atomic E-state index is -0.232. The summed E-state index contributed by atoms with van der Waals surface area (Å²) in [5, 5.41) is 13.1. The maximum atomic E-state index is 11.2. The third-order valence-electron chi connectivity index (χ3n) is 3.90. The number of hydrogen-bond donors (Lipinski definition) is 2. The summed E-state index contributed by atoms with van der Waals surface area (Å²) in [5.74, 6) is 0.835. The molecule has 1 aliphatic rings. The van der Waals surface area contributed by atoms with Crippen molar-refractivity contribution in [3.8, 4) is 0 Å². The molecule has 19 heavy (non-hydrogen) atoms. The normalized spacial score (nSPS) is 26.4. The average molecular weight is 270 g/mol. The second kappa shape index (κ2) is 7.85. The predicted molar refractivity (Wildman–Crippen MR) is 77.9 cm³/mol. The predicted octanol–water partition coefficient (Wildman–Crippen LogP) is 1.63. The fourth-order valence-corrected chi connectivity index (χ4v) is 2.98. The smallest absolute Gasteiger partial charge is 0.217 e. The second-order valence-corrected chi connectivity index (χ2v) is 6.31.